The summed E-state index contributed by atoms with van der Waals surface area (Å²) in [7, 11) is 2.31. The van der Waals surface area contributed by atoms with Crippen molar-refractivity contribution in [3.8, 4) is 0 Å². The number of nitrogens with one attached hydrogen (secondary N) is 2. The molecule has 150 valence electrons. The minimum absolute atomic E-state index is 0. The fourth-order valence-electron chi connectivity index (χ4n) is 4.85. The van der Waals surface area contributed by atoms with Gasteiger partial charge < -0.3 is 15.5 Å². The van der Waals surface area contributed by atoms with E-state index in [1.807, 2.05) is 12.1 Å². The van der Waals surface area contributed by atoms with Crippen LogP contribution >= 0.6 is 35.6 Å². The maximum Gasteiger partial charge on any atom is 0.191 e. The number of piperidine rings is 2. The van der Waals surface area contributed by atoms with Crippen molar-refractivity contribution in [2.45, 2.75) is 75.5 Å². The molecule has 0 aromatic heterocycles. The number of hydrogen-bond donors (Lipinski definition) is 2. The van der Waals surface area contributed by atoms with Crippen molar-refractivity contribution in [2.24, 2.45) is 4.99 Å². The highest BCUT2D eigenvalue weighted by Gasteiger charge is 2.40. The van der Waals surface area contributed by atoms with E-state index in [4.69, 9.17) is 16.6 Å². The van der Waals surface area contributed by atoms with Gasteiger partial charge in [0.25, 0.3) is 0 Å². The first-order chi connectivity index (χ1) is 12.6. The third-order valence-electron chi connectivity index (χ3n) is 6.39. The van der Waals surface area contributed by atoms with Crippen LogP contribution in [-0.2, 0) is 0 Å². The Balaban J connectivity index is 0.00000210. The lowest BCUT2D eigenvalue weighted by atomic mass is 9.82. The summed E-state index contributed by atoms with van der Waals surface area (Å²) in [5.74, 6) is 1.55. The van der Waals surface area contributed by atoms with Gasteiger partial charge in [-0.1, -0.05) is 30.2 Å². The van der Waals surface area contributed by atoms with Crippen molar-refractivity contribution in [1.82, 2.24) is 15.5 Å². The van der Waals surface area contributed by atoms with Gasteiger partial charge in [-0.15, -0.1) is 24.0 Å². The second-order valence-electron chi connectivity index (χ2n) is 8.19. The van der Waals surface area contributed by atoms with E-state index in [0.29, 0.717) is 18.0 Å². The average molecular weight is 503 g/mol. The van der Waals surface area contributed by atoms with Gasteiger partial charge in [-0.2, -0.15) is 0 Å². The van der Waals surface area contributed by atoms with Crippen molar-refractivity contribution in [3.63, 3.8) is 0 Å². The molecule has 4 nitrogen and oxygen atoms in total. The first-order valence-electron chi connectivity index (χ1n) is 10.2. The molecule has 1 saturated carbocycles. The van der Waals surface area contributed by atoms with Crippen molar-refractivity contribution in [2.75, 3.05) is 13.6 Å². The number of aliphatic imine (C=N–C) groups is 1. The Hall–Kier alpha value is -0.530. The molecule has 1 aromatic carbocycles. The second kappa shape index (κ2) is 9.31. The summed E-state index contributed by atoms with van der Waals surface area (Å²) in [6.07, 6.45) is 7.71. The molecule has 4 atom stereocenters. The Labute approximate surface area is 185 Å². The van der Waals surface area contributed by atoms with Gasteiger partial charge in [-0.25, -0.2) is 0 Å². The highest BCUT2D eigenvalue weighted by Crippen LogP contribution is 2.41. The first kappa shape index (κ1) is 21.2. The molecule has 1 aromatic rings. The number of fused-ring (bicyclic) bond motifs is 2. The van der Waals surface area contributed by atoms with Gasteiger partial charge in [0, 0.05) is 41.7 Å². The molecule has 2 heterocycles. The summed E-state index contributed by atoms with van der Waals surface area (Å²) in [6, 6.07) is 10.8. The van der Waals surface area contributed by atoms with Crippen molar-refractivity contribution >= 4 is 41.5 Å². The van der Waals surface area contributed by atoms with Gasteiger partial charge in [-0.05, 0) is 63.8 Å². The molecule has 4 rings (SSSR count). The van der Waals surface area contributed by atoms with Crippen LogP contribution in [0.4, 0.5) is 0 Å². The lowest BCUT2D eigenvalue weighted by Gasteiger charge is -2.47. The van der Waals surface area contributed by atoms with E-state index in [-0.39, 0.29) is 24.0 Å². The molecule has 2 aliphatic heterocycles. The molecular formula is C21H32ClIN4. The summed E-state index contributed by atoms with van der Waals surface area (Å²) < 4.78 is 0. The second-order valence-corrected chi connectivity index (χ2v) is 8.62. The van der Waals surface area contributed by atoms with Crippen molar-refractivity contribution in [3.05, 3.63) is 34.9 Å². The molecular weight excluding hydrogens is 471 g/mol. The highest BCUT2D eigenvalue weighted by atomic mass is 127. The van der Waals surface area contributed by atoms with Crippen LogP contribution in [0.2, 0.25) is 5.02 Å². The predicted molar refractivity (Wildman–Crippen MR) is 124 cm³/mol. The van der Waals surface area contributed by atoms with Gasteiger partial charge in [0.2, 0.25) is 0 Å². The molecule has 2 N–H and O–H groups in total. The van der Waals surface area contributed by atoms with E-state index in [2.05, 4.69) is 41.6 Å². The number of guanidine groups is 1. The normalized spacial score (nSPS) is 33.1. The standard InChI is InChI=1S/C21H31ClN4.HI/c1-3-23-21(24-16-11-17-8-5-9-18(12-16)26(17)2)25-20-13-19(20)14-6-4-7-15(22)10-14;/h4,6-7,10,16-20H,3,5,8-9,11-13H2,1-2H3,(H2,23,24,25);1H. The zero-order valence-electron chi connectivity index (χ0n) is 16.3. The zero-order chi connectivity index (χ0) is 18.1. The van der Waals surface area contributed by atoms with E-state index in [0.717, 1.165) is 36.0 Å². The van der Waals surface area contributed by atoms with Crippen LogP contribution in [0.5, 0.6) is 0 Å². The molecule has 0 amide bonds. The summed E-state index contributed by atoms with van der Waals surface area (Å²) in [4.78, 5) is 7.32. The Kier molecular flexibility index (Phi) is 7.31. The van der Waals surface area contributed by atoms with Crippen LogP contribution < -0.4 is 10.6 Å². The van der Waals surface area contributed by atoms with Crippen LogP contribution in [0.3, 0.4) is 0 Å². The summed E-state index contributed by atoms with van der Waals surface area (Å²) in [5.41, 5.74) is 1.33. The highest BCUT2D eigenvalue weighted by molar-refractivity contribution is 14.0. The Morgan fingerprint density at radius 1 is 1.19 bits per heavy atom. The molecule has 2 saturated heterocycles. The van der Waals surface area contributed by atoms with E-state index >= 15 is 0 Å². The predicted octanol–water partition coefficient (Wildman–Crippen LogP) is 4.38. The molecule has 2 bridgehead atoms. The van der Waals surface area contributed by atoms with E-state index < -0.39 is 0 Å². The van der Waals surface area contributed by atoms with Crippen molar-refractivity contribution in [1.29, 1.82) is 0 Å². The average Bonchev–Trinajstić information content (AvgIpc) is 3.35. The van der Waals surface area contributed by atoms with Crippen LogP contribution in [0.15, 0.2) is 29.3 Å². The summed E-state index contributed by atoms with van der Waals surface area (Å²) in [5, 5.41) is 8.24. The molecule has 0 spiro atoms. The lowest BCUT2D eigenvalue weighted by Crippen LogP contribution is -2.56. The number of nitrogens with zero attached hydrogens (tertiary/aromatic N) is 2. The Morgan fingerprint density at radius 3 is 2.59 bits per heavy atom. The Bertz CT molecular complexity index is 653. The van der Waals surface area contributed by atoms with Gasteiger partial charge in [0.1, 0.15) is 0 Å². The lowest BCUT2D eigenvalue weighted by molar-refractivity contribution is 0.0526. The maximum atomic E-state index is 6.15. The number of halogens is 2. The fourth-order valence-corrected chi connectivity index (χ4v) is 5.05. The smallest absolute Gasteiger partial charge is 0.191 e. The molecule has 0 radical (unpaired) electrons. The number of hydrogen-bond acceptors (Lipinski definition) is 2. The minimum atomic E-state index is 0. The van der Waals surface area contributed by atoms with E-state index in [1.54, 1.807) is 0 Å². The monoisotopic (exact) mass is 502 g/mol. The number of rotatable bonds is 4. The largest absolute Gasteiger partial charge is 0.354 e. The van der Waals surface area contributed by atoms with E-state index in [1.165, 1.54) is 37.7 Å². The van der Waals surface area contributed by atoms with Crippen molar-refractivity contribution < 1.29 is 0 Å². The number of benzene rings is 1. The minimum Gasteiger partial charge on any atom is -0.354 e. The van der Waals surface area contributed by atoms with Gasteiger partial charge in [0.05, 0.1) is 0 Å². The fraction of sp³-hybridized carbons (Fsp3) is 0.667. The van der Waals surface area contributed by atoms with Gasteiger partial charge in [-0.3, -0.25) is 4.99 Å². The van der Waals surface area contributed by atoms with Crippen LogP contribution in [0.1, 0.15) is 56.9 Å². The Morgan fingerprint density at radius 2 is 1.93 bits per heavy atom. The quantitative estimate of drug-likeness (QED) is 0.365. The van der Waals surface area contributed by atoms with Gasteiger partial charge in [0.15, 0.2) is 5.96 Å². The zero-order valence-corrected chi connectivity index (χ0v) is 19.4. The summed E-state index contributed by atoms with van der Waals surface area (Å²) in [6.45, 7) is 2.91. The molecule has 3 aliphatic rings. The van der Waals surface area contributed by atoms with Crippen LogP contribution in [0.25, 0.3) is 0 Å². The molecule has 1 aliphatic carbocycles. The molecule has 6 heteroatoms. The maximum absolute atomic E-state index is 6.15. The van der Waals surface area contributed by atoms with Crippen LogP contribution in [0, 0.1) is 0 Å². The summed E-state index contributed by atoms with van der Waals surface area (Å²) >= 11 is 6.15. The molecule has 3 fully saturated rings. The molecule has 4 unspecified atom stereocenters. The molecule has 27 heavy (non-hydrogen) atoms. The topological polar surface area (TPSA) is 39.7 Å². The first-order valence-corrected chi connectivity index (χ1v) is 10.6. The third-order valence-corrected chi connectivity index (χ3v) is 6.62. The van der Waals surface area contributed by atoms with Gasteiger partial charge >= 0.3 is 0 Å². The van der Waals surface area contributed by atoms with E-state index in [9.17, 15) is 0 Å². The van der Waals surface area contributed by atoms with Crippen LogP contribution in [-0.4, -0.2) is 48.6 Å². The third kappa shape index (κ3) is 5.10. The SMILES string of the molecule is CCN=C(NC1CC2CCCC(C1)N2C)NC1CC1c1cccc(Cl)c1.I.